The van der Waals surface area contributed by atoms with Crippen molar-refractivity contribution in [3.05, 3.63) is 29.8 Å². The molecule has 0 saturated carbocycles. The van der Waals surface area contributed by atoms with E-state index in [2.05, 4.69) is 43.4 Å². The molecule has 3 rings (SSSR count). The summed E-state index contributed by atoms with van der Waals surface area (Å²) in [5.41, 5.74) is 1.35. The summed E-state index contributed by atoms with van der Waals surface area (Å²) in [5, 5.41) is 3.64. The Morgan fingerprint density at radius 3 is 2.39 bits per heavy atom. The lowest BCUT2D eigenvalue weighted by Gasteiger charge is -2.35. The maximum absolute atomic E-state index is 12.5. The largest absolute Gasteiger partial charge is 0.342 e. The molecule has 1 aromatic carbocycles. The minimum absolute atomic E-state index is 0.259. The third kappa shape index (κ3) is 4.10. The van der Waals surface area contributed by atoms with Gasteiger partial charge in [-0.15, -0.1) is 11.8 Å². The number of benzene rings is 1. The Bertz CT molecular complexity index is 531. The summed E-state index contributed by atoms with van der Waals surface area (Å²) in [6.07, 6.45) is 4.79. The van der Waals surface area contributed by atoms with Gasteiger partial charge in [0.2, 0.25) is 5.91 Å². The van der Waals surface area contributed by atoms with E-state index in [1.54, 1.807) is 11.8 Å². The highest BCUT2D eigenvalue weighted by molar-refractivity contribution is 8.00. The molecule has 2 fully saturated rings. The molecular weight excluding hydrogens is 304 g/mol. The number of hydrogen-bond acceptors (Lipinski definition) is 3. The fourth-order valence-electron chi connectivity index (χ4n) is 3.74. The number of carbonyl (C=O) groups is 1. The maximum atomic E-state index is 12.5. The number of carbonyl (C=O) groups excluding carboxylic acids is 1. The second-order valence-corrected chi connectivity index (χ2v) is 8.33. The van der Waals surface area contributed by atoms with Crippen molar-refractivity contribution in [3.63, 3.8) is 0 Å². The van der Waals surface area contributed by atoms with Gasteiger partial charge in [0.05, 0.1) is 5.75 Å². The standard InChI is InChI=1S/C19H28N2OS/c1-13(2)14-4-8-18(9-5-14)23-12-19(22)21(3)17-10-15-6-7-16(11-17)20-15/h4-5,8-9,13,15-17,20H,6-7,10-12H2,1-3H3. The molecule has 2 saturated heterocycles. The molecule has 1 N–H and O–H groups in total. The van der Waals surface area contributed by atoms with Crippen LogP contribution >= 0.6 is 11.8 Å². The van der Waals surface area contributed by atoms with Crippen molar-refractivity contribution in [2.45, 2.75) is 68.5 Å². The highest BCUT2D eigenvalue weighted by atomic mass is 32.2. The Morgan fingerprint density at radius 2 is 1.83 bits per heavy atom. The lowest BCUT2D eigenvalue weighted by atomic mass is 9.98. The Hall–Kier alpha value is -1.00. The molecule has 1 aromatic rings. The zero-order valence-electron chi connectivity index (χ0n) is 14.4. The van der Waals surface area contributed by atoms with Gasteiger partial charge in [-0.2, -0.15) is 0 Å². The third-order valence-electron chi connectivity index (χ3n) is 5.30. The van der Waals surface area contributed by atoms with Gasteiger partial charge in [-0.3, -0.25) is 4.79 Å². The van der Waals surface area contributed by atoms with Crippen LogP contribution in [0.15, 0.2) is 29.2 Å². The second kappa shape index (κ2) is 7.27. The van der Waals surface area contributed by atoms with E-state index in [-0.39, 0.29) is 5.91 Å². The minimum atomic E-state index is 0.259. The van der Waals surface area contributed by atoms with Crippen LogP contribution in [-0.2, 0) is 4.79 Å². The molecule has 2 bridgehead atoms. The third-order valence-corrected chi connectivity index (χ3v) is 6.30. The van der Waals surface area contributed by atoms with E-state index in [1.165, 1.54) is 23.3 Å². The fraction of sp³-hybridized carbons (Fsp3) is 0.632. The van der Waals surface area contributed by atoms with Crippen LogP contribution in [0.3, 0.4) is 0 Å². The second-order valence-electron chi connectivity index (χ2n) is 7.28. The summed E-state index contributed by atoms with van der Waals surface area (Å²) < 4.78 is 0. The fourth-order valence-corrected chi connectivity index (χ4v) is 4.57. The number of hydrogen-bond donors (Lipinski definition) is 1. The lowest BCUT2D eigenvalue weighted by molar-refractivity contribution is -0.129. The first kappa shape index (κ1) is 16.8. The summed E-state index contributed by atoms with van der Waals surface area (Å²) in [4.78, 5) is 15.7. The number of thioether (sulfide) groups is 1. The van der Waals surface area contributed by atoms with E-state index in [0.717, 1.165) is 12.8 Å². The number of nitrogens with one attached hydrogen (secondary N) is 1. The van der Waals surface area contributed by atoms with Crippen LogP contribution in [0.5, 0.6) is 0 Å². The van der Waals surface area contributed by atoms with Gasteiger partial charge in [0.25, 0.3) is 0 Å². The van der Waals surface area contributed by atoms with Gasteiger partial charge >= 0.3 is 0 Å². The Morgan fingerprint density at radius 1 is 1.22 bits per heavy atom. The summed E-state index contributed by atoms with van der Waals surface area (Å²) in [5.74, 6) is 1.35. The summed E-state index contributed by atoms with van der Waals surface area (Å²) in [6.45, 7) is 4.40. The monoisotopic (exact) mass is 332 g/mol. The van der Waals surface area contributed by atoms with Crippen molar-refractivity contribution in [1.82, 2.24) is 10.2 Å². The average Bonchev–Trinajstić information content (AvgIpc) is 2.90. The molecule has 23 heavy (non-hydrogen) atoms. The first-order valence-corrected chi connectivity index (χ1v) is 9.76. The van der Waals surface area contributed by atoms with Gasteiger partial charge in [0.1, 0.15) is 0 Å². The molecule has 2 unspecified atom stereocenters. The quantitative estimate of drug-likeness (QED) is 0.836. The van der Waals surface area contributed by atoms with E-state index in [9.17, 15) is 4.79 Å². The van der Waals surface area contributed by atoms with E-state index < -0.39 is 0 Å². The van der Waals surface area contributed by atoms with E-state index in [4.69, 9.17) is 0 Å². The average molecular weight is 333 g/mol. The summed E-state index contributed by atoms with van der Waals surface area (Å²) in [7, 11) is 1.99. The van der Waals surface area contributed by atoms with E-state index in [1.807, 2.05) is 11.9 Å². The number of fused-ring (bicyclic) bond motifs is 2. The zero-order chi connectivity index (χ0) is 16.4. The van der Waals surface area contributed by atoms with Crippen LogP contribution in [0.1, 0.15) is 51.0 Å². The highest BCUT2D eigenvalue weighted by Crippen LogP contribution is 2.30. The maximum Gasteiger partial charge on any atom is 0.232 e. The molecule has 0 radical (unpaired) electrons. The first-order chi connectivity index (χ1) is 11.0. The molecule has 2 aliphatic heterocycles. The van der Waals surface area contributed by atoms with Crippen LogP contribution in [0.4, 0.5) is 0 Å². The molecule has 2 atom stereocenters. The van der Waals surface area contributed by atoms with Gasteiger partial charge < -0.3 is 10.2 Å². The van der Waals surface area contributed by atoms with Gasteiger partial charge in [0, 0.05) is 30.1 Å². The van der Waals surface area contributed by atoms with Crippen molar-refractivity contribution in [2.75, 3.05) is 12.8 Å². The Kier molecular flexibility index (Phi) is 5.32. The van der Waals surface area contributed by atoms with Crippen LogP contribution in [0, 0.1) is 0 Å². The van der Waals surface area contributed by atoms with Crippen molar-refractivity contribution in [3.8, 4) is 0 Å². The topological polar surface area (TPSA) is 32.3 Å². The normalized spacial score (nSPS) is 26.5. The van der Waals surface area contributed by atoms with Crippen LogP contribution in [0.2, 0.25) is 0 Å². The van der Waals surface area contributed by atoms with Gasteiger partial charge in [-0.05, 0) is 49.3 Å². The SMILES string of the molecule is CC(C)c1ccc(SCC(=O)N(C)C2CC3CCC(C2)N3)cc1. The van der Waals surface area contributed by atoms with Crippen LogP contribution < -0.4 is 5.32 Å². The van der Waals surface area contributed by atoms with Crippen LogP contribution in [-0.4, -0.2) is 41.7 Å². The number of nitrogens with zero attached hydrogens (tertiary/aromatic N) is 1. The van der Waals surface area contributed by atoms with Gasteiger partial charge in [0.15, 0.2) is 0 Å². The van der Waals surface area contributed by atoms with Crippen LogP contribution in [0.25, 0.3) is 0 Å². The molecule has 0 aromatic heterocycles. The molecule has 3 nitrogen and oxygen atoms in total. The molecule has 126 valence electrons. The molecule has 0 aliphatic carbocycles. The Labute approximate surface area is 144 Å². The predicted octanol–water partition coefficient (Wildman–Crippen LogP) is 3.64. The van der Waals surface area contributed by atoms with Crippen molar-refractivity contribution >= 4 is 17.7 Å². The number of piperidine rings is 1. The van der Waals surface area contributed by atoms with Crippen molar-refractivity contribution in [2.24, 2.45) is 0 Å². The Balaban J connectivity index is 1.50. The van der Waals surface area contributed by atoms with Crippen molar-refractivity contribution < 1.29 is 4.79 Å². The predicted molar refractivity (Wildman–Crippen MR) is 97.0 cm³/mol. The smallest absolute Gasteiger partial charge is 0.232 e. The van der Waals surface area contributed by atoms with Gasteiger partial charge in [-0.25, -0.2) is 0 Å². The van der Waals surface area contributed by atoms with E-state index >= 15 is 0 Å². The molecule has 2 heterocycles. The zero-order valence-corrected chi connectivity index (χ0v) is 15.2. The molecule has 4 heteroatoms. The first-order valence-electron chi connectivity index (χ1n) is 8.77. The van der Waals surface area contributed by atoms with E-state index in [0.29, 0.717) is 29.8 Å². The summed E-state index contributed by atoms with van der Waals surface area (Å²) >= 11 is 1.65. The number of amides is 1. The number of rotatable bonds is 5. The van der Waals surface area contributed by atoms with Gasteiger partial charge in [-0.1, -0.05) is 26.0 Å². The molecule has 2 aliphatic rings. The highest BCUT2D eigenvalue weighted by Gasteiger charge is 2.36. The molecule has 0 spiro atoms. The van der Waals surface area contributed by atoms with Crippen molar-refractivity contribution in [1.29, 1.82) is 0 Å². The lowest BCUT2D eigenvalue weighted by Crippen LogP contribution is -2.49. The summed E-state index contributed by atoms with van der Waals surface area (Å²) in [6, 6.07) is 10.3. The minimum Gasteiger partial charge on any atom is -0.342 e. The molecule has 1 amide bonds. The molecular formula is C19H28N2OS.